The van der Waals surface area contributed by atoms with Crippen molar-refractivity contribution in [1.29, 1.82) is 5.26 Å². The molecule has 1 aliphatic rings. The third kappa shape index (κ3) is 9.92. The number of esters is 2. The third-order valence-corrected chi connectivity index (χ3v) is 6.98. The predicted octanol–water partition coefficient (Wildman–Crippen LogP) is 2.54. The lowest BCUT2D eigenvalue weighted by Gasteiger charge is -2.33. The Morgan fingerprint density at radius 3 is 2.45 bits per heavy atom. The van der Waals surface area contributed by atoms with Crippen LogP contribution >= 0.6 is 0 Å². The summed E-state index contributed by atoms with van der Waals surface area (Å²) in [5, 5.41) is 22.7. The van der Waals surface area contributed by atoms with Gasteiger partial charge in [-0.05, 0) is 42.9 Å². The first-order valence-electron chi connectivity index (χ1n) is 13.9. The molecule has 11 nitrogen and oxygen atoms in total. The largest absolute Gasteiger partial charge is 0.455 e. The molecule has 2 rings (SSSR count). The second-order valence-electron chi connectivity index (χ2n) is 10.3. The highest BCUT2D eigenvalue weighted by molar-refractivity contribution is 5.90. The predicted molar refractivity (Wildman–Crippen MR) is 149 cm³/mol. The summed E-state index contributed by atoms with van der Waals surface area (Å²) < 4.78 is 29.9. The Balaban J connectivity index is 2.31. The number of aliphatic hydroxyl groups is 1. The number of methoxy groups -OCH3 is 1. The number of carbonyl (C=O) groups is 4. The van der Waals surface area contributed by atoms with Gasteiger partial charge in [0, 0.05) is 34.0 Å². The van der Waals surface area contributed by atoms with Crippen molar-refractivity contribution in [3.8, 4) is 6.07 Å². The topological polar surface area (TPSA) is 155 Å². The Labute approximate surface area is 245 Å². The third-order valence-electron chi connectivity index (χ3n) is 6.98. The zero-order chi connectivity index (χ0) is 31.4. The van der Waals surface area contributed by atoms with Crippen molar-refractivity contribution < 1.29 is 42.9 Å². The highest BCUT2D eigenvalue weighted by Gasteiger charge is 2.43. The summed E-state index contributed by atoms with van der Waals surface area (Å²) in [6.45, 7) is 6.58. The zero-order valence-electron chi connectivity index (χ0n) is 24.7. The van der Waals surface area contributed by atoms with Crippen LogP contribution in [0, 0.1) is 23.1 Å². The van der Waals surface area contributed by atoms with Gasteiger partial charge in [-0.2, -0.15) is 5.26 Å². The van der Waals surface area contributed by atoms with E-state index in [1.54, 1.807) is 12.1 Å². The number of rotatable bonds is 13. The molecule has 1 aromatic carbocycles. The Bertz CT molecular complexity index is 1180. The fraction of sp³-hybridized carbons (Fsp3) is 0.567. The molecular weight excluding hydrogens is 549 g/mol. The normalized spacial score (nSPS) is 19.1. The van der Waals surface area contributed by atoms with Crippen molar-refractivity contribution in [2.45, 2.75) is 90.4 Å². The van der Waals surface area contributed by atoms with Crippen LogP contribution in [0.25, 0.3) is 0 Å². The molecule has 230 valence electrons. The first-order valence-corrected chi connectivity index (χ1v) is 13.9. The van der Waals surface area contributed by atoms with E-state index in [4.69, 9.17) is 19.5 Å². The summed E-state index contributed by atoms with van der Waals surface area (Å²) in [4.78, 5) is 52.5. The van der Waals surface area contributed by atoms with Gasteiger partial charge in [0.25, 0.3) is 5.91 Å². The number of likely N-dealkylation sites (tertiary alicyclic amines) is 1. The molecule has 1 saturated heterocycles. The maximum atomic E-state index is 13.8. The van der Waals surface area contributed by atoms with Gasteiger partial charge in [0.1, 0.15) is 24.0 Å². The second-order valence-corrected chi connectivity index (χ2v) is 10.3. The summed E-state index contributed by atoms with van der Waals surface area (Å²) in [7, 11) is 1.19. The monoisotopic (exact) mass is 589 g/mol. The Kier molecular flexibility index (Phi) is 13.6. The van der Waals surface area contributed by atoms with E-state index in [9.17, 15) is 28.7 Å². The van der Waals surface area contributed by atoms with E-state index in [0.717, 1.165) is 20.3 Å². The molecule has 0 aliphatic carbocycles. The van der Waals surface area contributed by atoms with E-state index in [-0.39, 0.29) is 18.0 Å². The summed E-state index contributed by atoms with van der Waals surface area (Å²) in [6, 6.07) is 4.85. The smallest absolute Gasteiger partial charge is 0.303 e. The number of benzene rings is 1. The van der Waals surface area contributed by atoms with Gasteiger partial charge in [0.2, 0.25) is 5.91 Å². The number of carbonyl (C=O) groups excluding carboxylic acids is 4. The molecule has 2 N–H and O–H groups in total. The van der Waals surface area contributed by atoms with Crippen molar-refractivity contribution in [1.82, 2.24) is 10.2 Å². The summed E-state index contributed by atoms with van der Waals surface area (Å²) in [5.74, 6) is -3.36. The Morgan fingerprint density at radius 2 is 1.86 bits per heavy atom. The molecule has 1 aliphatic heterocycles. The van der Waals surface area contributed by atoms with Crippen LogP contribution in [0.4, 0.5) is 4.39 Å². The SMILES string of the molecule is CCC(C)/C=C/[C@@H](O)[C@H](OC(C)=O)[C@@H](OC(C)=O)[C@@H](OC)C(=O)N[C@H]1CCCCN(Cc2ccc(F)c(C#N)c2)C1=O. The number of amides is 2. The standard InChI is InChI=1S/C30H40FN3O8/c1-6-18(2)10-13-25(37)26(41-19(3)35)27(42-20(4)36)28(40-5)29(38)33-24-9-7-8-14-34(30(24)39)17-21-11-12-23(31)22(15-21)16-32/h10-13,15,18,24-28,37H,6-9,14,17H2,1-5H3,(H,33,38)/b13-10+/t18?,24-,25+,26-,27+,28+/m0/s1. The van der Waals surface area contributed by atoms with Gasteiger partial charge < -0.3 is 29.5 Å². The minimum atomic E-state index is -1.55. The van der Waals surface area contributed by atoms with Gasteiger partial charge in [-0.1, -0.05) is 38.5 Å². The van der Waals surface area contributed by atoms with Gasteiger partial charge in [0.05, 0.1) is 5.56 Å². The summed E-state index contributed by atoms with van der Waals surface area (Å²) >= 11 is 0. The molecule has 0 aromatic heterocycles. The van der Waals surface area contributed by atoms with Crippen LogP contribution in [0.5, 0.6) is 0 Å². The molecule has 12 heteroatoms. The van der Waals surface area contributed by atoms with E-state index in [2.05, 4.69) is 5.32 Å². The van der Waals surface area contributed by atoms with Crippen LogP contribution in [0.2, 0.25) is 0 Å². The average molecular weight is 590 g/mol. The zero-order valence-corrected chi connectivity index (χ0v) is 24.7. The van der Waals surface area contributed by atoms with Crippen LogP contribution in [0.15, 0.2) is 30.4 Å². The van der Waals surface area contributed by atoms with Gasteiger partial charge in [-0.3, -0.25) is 19.2 Å². The van der Waals surface area contributed by atoms with Crippen molar-refractivity contribution in [3.05, 3.63) is 47.3 Å². The van der Waals surface area contributed by atoms with E-state index >= 15 is 0 Å². The molecule has 1 unspecified atom stereocenters. The van der Waals surface area contributed by atoms with Gasteiger partial charge in [0.15, 0.2) is 18.3 Å². The molecule has 42 heavy (non-hydrogen) atoms. The van der Waals surface area contributed by atoms with E-state index in [0.29, 0.717) is 31.4 Å². The van der Waals surface area contributed by atoms with Crippen molar-refractivity contribution >= 4 is 23.8 Å². The molecule has 0 saturated carbocycles. The highest BCUT2D eigenvalue weighted by atomic mass is 19.1. The lowest BCUT2D eigenvalue weighted by molar-refractivity contribution is -0.187. The number of nitrogens with one attached hydrogen (secondary N) is 1. The molecule has 1 heterocycles. The molecule has 0 radical (unpaired) electrons. The number of allylic oxidation sites excluding steroid dienone is 1. The number of hydrogen-bond acceptors (Lipinski definition) is 9. The Morgan fingerprint density at radius 1 is 1.19 bits per heavy atom. The molecule has 6 atom stereocenters. The number of hydrogen-bond donors (Lipinski definition) is 2. The minimum Gasteiger partial charge on any atom is -0.455 e. The lowest BCUT2D eigenvalue weighted by atomic mass is 9.98. The second kappa shape index (κ2) is 16.6. The number of nitrogens with zero attached hydrogens (tertiary/aromatic N) is 2. The van der Waals surface area contributed by atoms with E-state index in [1.165, 1.54) is 36.3 Å². The molecular formula is C30H40FN3O8. The minimum absolute atomic E-state index is 0.0944. The van der Waals surface area contributed by atoms with Gasteiger partial charge in [-0.15, -0.1) is 0 Å². The average Bonchev–Trinajstić information content (AvgIpc) is 3.11. The Hall–Kier alpha value is -3.82. The van der Waals surface area contributed by atoms with Crippen LogP contribution in [-0.2, 0) is 39.9 Å². The van der Waals surface area contributed by atoms with Crippen molar-refractivity contribution in [3.63, 3.8) is 0 Å². The van der Waals surface area contributed by atoms with Crippen LogP contribution < -0.4 is 5.32 Å². The maximum absolute atomic E-state index is 13.8. The van der Waals surface area contributed by atoms with Gasteiger partial charge in [-0.25, -0.2) is 4.39 Å². The van der Waals surface area contributed by atoms with Crippen LogP contribution in [0.3, 0.4) is 0 Å². The maximum Gasteiger partial charge on any atom is 0.303 e. The van der Waals surface area contributed by atoms with Crippen LogP contribution in [0.1, 0.15) is 64.5 Å². The molecule has 0 bridgehead atoms. The number of aliphatic hydroxyl groups excluding tert-OH is 1. The number of ether oxygens (including phenoxy) is 3. The summed E-state index contributed by atoms with van der Waals surface area (Å²) in [6.07, 6.45) is -0.550. The first kappa shape index (κ1) is 34.4. The van der Waals surface area contributed by atoms with Gasteiger partial charge >= 0.3 is 11.9 Å². The molecule has 2 amide bonds. The molecule has 1 aromatic rings. The number of nitriles is 1. The fourth-order valence-corrected chi connectivity index (χ4v) is 4.58. The molecule has 0 spiro atoms. The van der Waals surface area contributed by atoms with E-state index < -0.39 is 60.0 Å². The quantitative estimate of drug-likeness (QED) is 0.261. The molecule has 1 fully saturated rings. The first-order chi connectivity index (χ1) is 19.9. The van der Waals surface area contributed by atoms with Crippen LogP contribution in [-0.4, -0.2) is 77.9 Å². The lowest BCUT2D eigenvalue weighted by Crippen LogP contribution is -2.57. The van der Waals surface area contributed by atoms with E-state index in [1.807, 2.05) is 13.8 Å². The summed E-state index contributed by atoms with van der Waals surface area (Å²) in [5.41, 5.74) is 0.421. The number of halogens is 1. The highest BCUT2D eigenvalue weighted by Crippen LogP contribution is 2.21. The van der Waals surface area contributed by atoms with Crippen molar-refractivity contribution in [2.24, 2.45) is 5.92 Å². The van der Waals surface area contributed by atoms with Crippen molar-refractivity contribution in [2.75, 3.05) is 13.7 Å². The fourth-order valence-electron chi connectivity index (χ4n) is 4.58.